The Hall–Kier alpha value is -2.32. The van der Waals surface area contributed by atoms with Crippen molar-refractivity contribution in [1.29, 1.82) is 0 Å². The van der Waals surface area contributed by atoms with E-state index in [1.165, 1.54) is 0 Å². The van der Waals surface area contributed by atoms with E-state index in [1.807, 2.05) is 54.6 Å². The standard InChI is InChI=1S/C20H20ClNO2.BF4/c21-16-9-10-19-17(13-16)18(22-11-5-2-6-12-23)14-20(24-19)15-7-3-1-4-8-15;2-1(3,4)5/h1,3-4,7-10,13-14,23H,2,5-6,11-12H2;/q;-1/p+1. The fourth-order valence-electron chi connectivity index (χ4n) is 2.69. The van der Waals surface area contributed by atoms with E-state index in [2.05, 4.69) is 4.99 Å². The zero-order valence-electron chi connectivity index (χ0n) is 15.6. The number of benzene rings is 2. The zero-order chi connectivity index (χ0) is 21.3. The molecule has 0 bridgehead atoms. The Balaban J connectivity index is 0.000000537. The highest BCUT2D eigenvalue weighted by atomic mass is 35.5. The van der Waals surface area contributed by atoms with Gasteiger partial charge in [-0.1, -0.05) is 41.9 Å². The molecule has 0 fully saturated rings. The van der Waals surface area contributed by atoms with Gasteiger partial charge in [-0.2, -0.15) is 0 Å². The quantitative estimate of drug-likeness (QED) is 0.351. The molecule has 0 radical (unpaired) electrons. The van der Waals surface area contributed by atoms with Gasteiger partial charge in [-0.25, -0.2) is 4.99 Å². The zero-order valence-corrected chi connectivity index (χ0v) is 16.3. The van der Waals surface area contributed by atoms with Gasteiger partial charge in [0.1, 0.15) is 17.9 Å². The van der Waals surface area contributed by atoms with E-state index in [0.29, 0.717) is 5.02 Å². The van der Waals surface area contributed by atoms with Crippen LogP contribution in [-0.2, 0) is 0 Å². The molecule has 2 N–H and O–H groups in total. The second kappa shape index (κ2) is 11.0. The highest BCUT2D eigenvalue weighted by molar-refractivity contribution is 6.50. The average Bonchev–Trinajstić information content (AvgIpc) is 2.67. The number of halogens is 5. The molecule has 9 heteroatoms. The maximum atomic E-state index is 9.75. The van der Waals surface area contributed by atoms with Crippen LogP contribution in [0.5, 0.6) is 0 Å². The molecule has 0 aliphatic rings. The Morgan fingerprint density at radius 2 is 1.62 bits per heavy atom. The molecule has 0 saturated heterocycles. The van der Waals surface area contributed by atoms with E-state index < -0.39 is 7.25 Å². The van der Waals surface area contributed by atoms with Gasteiger partial charge < -0.3 is 26.8 Å². The largest absolute Gasteiger partial charge is 0.673 e. The topological polar surface area (TPSA) is 47.3 Å². The second-order valence-corrected chi connectivity index (χ2v) is 6.67. The predicted molar refractivity (Wildman–Crippen MR) is 107 cm³/mol. The van der Waals surface area contributed by atoms with Crippen LogP contribution in [0.2, 0.25) is 5.02 Å². The summed E-state index contributed by atoms with van der Waals surface area (Å²) >= 11 is 6.15. The van der Waals surface area contributed by atoms with Crippen LogP contribution in [0.1, 0.15) is 19.3 Å². The summed E-state index contributed by atoms with van der Waals surface area (Å²) in [4.78, 5) is 3.48. The molecule has 0 saturated carbocycles. The van der Waals surface area contributed by atoms with Crippen LogP contribution < -0.4 is 10.3 Å². The molecule has 0 aliphatic carbocycles. The number of aliphatic hydroxyl groups is 1. The van der Waals surface area contributed by atoms with Crippen molar-refractivity contribution in [2.75, 3.05) is 13.2 Å². The summed E-state index contributed by atoms with van der Waals surface area (Å²) in [5, 5.41) is 11.5. The van der Waals surface area contributed by atoms with E-state index in [1.54, 1.807) is 0 Å². The predicted octanol–water partition coefficient (Wildman–Crippen LogP) is 4.20. The van der Waals surface area contributed by atoms with Crippen molar-refractivity contribution in [2.45, 2.75) is 19.3 Å². The Morgan fingerprint density at radius 3 is 2.28 bits per heavy atom. The lowest BCUT2D eigenvalue weighted by Crippen LogP contribution is -2.76. The molecule has 3 nitrogen and oxygen atoms in total. The molecular formula is C20H21BClF4NO2. The first-order chi connectivity index (χ1) is 13.8. The van der Waals surface area contributed by atoms with Crippen molar-refractivity contribution in [3.8, 4) is 11.3 Å². The van der Waals surface area contributed by atoms with Gasteiger partial charge in [-0.3, -0.25) is 0 Å². The number of unbranched alkanes of at least 4 members (excludes halogenated alkanes) is 2. The second-order valence-electron chi connectivity index (χ2n) is 6.24. The molecule has 0 unspecified atom stereocenters. The Morgan fingerprint density at radius 1 is 0.931 bits per heavy atom. The molecule has 2 aromatic carbocycles. The van der Waals surface area contributed by atoms with E-state index in [-0.39, 0.29) is 6.61 Å². The lowest BCUT2D eigenvalue weighted by molar-refractivity contribution is -0.499. The van der Waals surface area contributed by atoms with E-state index in [4.69, 9.17) is 21.1 Å². The average molecular weight is 430 g/mol. The number of hydrogen-bond acceptors (Lipinski definition) is 2. The van der Waals surface area contributed by atoms with E-state index >= 15 is 0 Å². The van der Waals surface area contributed by atoms with Crippen LogP contribution in [0, 0.1) is 0 Å². The molecule has 3 rings (SSSR count). The summed E-state index contributed by atoms with van der Waals surface area (Å²) in [5.41, 5.74) is 1.84. The summed E-state index contributed by atoms with van der Waals surface area (Å²) in [7, 11) is -6.00. The summed E-state index contributed by atoms with van der Waals surface area (Å²) in [5.74, 6) is 0.822. The van der Waals surface area contributed by atoms with Crippen molar-refractivity contribution >= 4 is 29.8 Å². The fraction of sp³-hybridized carbons (Fsp3) is 0.250. The third kappa shape index (κ3) is 8.29. The molecule has 3 aromatic rings. The maximum Gasteiger partial charge on any atom is 0.673 e. The van der Waals surface area contributed by atoms with Crippen molar-refractivity contribution in [2.24, 2.45) is 0 Å². The Labute approximate surface area is 170 Å². The third-order valence-corrected chi connectivity index (χ3v) is 4.17. The van der Waals surface area contributed by atoms with Gasteiger partial charge in [0.05, 0.1) is 11.5 Å². The summed E-state index contributed by atoms with van der Waals surface area (Å²) in [6, 6.07) is 17.7. The molecule has 156 valence electrons. The molecule has 0 atom stereocenters. The Kier molecular flexibility index (Phi) is 8.73. The van der Waals surface area contributed by atoms with Gasteiger partial charge in [0.2, 0.25) is 5.36 Å². The summed E-state index contributed by atoms with van der Waals surface area (Å²) < 4.78 is 45.1. The molecular weight excluding hydrogens is 408 g/mol. The highest BCUT2D eigenvalue weighted by Gasteiger charge is 2.20. The number of fused-ring (bicyclic) bond motifs is 1. The normalized spacial score (nSPS) is 12.0. The molecule has 1 aromatic heterocycles. The van der Waals surface area contributed by atoms with Gasteiger partial charge in [0.15, 0.2) is 0 Å². The first kappa shape index (κ1) is 23.0. The van der Waals surface area contributed by atoms with Crippen LogP contribution in [0.15, 0.2) is 59.0 Å². The minimum absolute atomic E-state index is 0.251. The lowest BCUT2D eigenvalue weighted by Gasteiger charge is -2.03. The molecule has 0 amide bonds. The number of hydrogen-bond donors (Lipinski definition) is 2. The van der Waals surface area contributed by atoms with Crippen LogP contribution >= 0.6 is 11.6 Å². The first-order valence-electron chi connectivity index (χ1n) is 9.12. The fourth-order valence-corrected chi connectivity index (χ4v) is 2.86. The van der Waals surface area contributed by atoms with Crippen molar-refractivity contribution in [3.05, 3.63) is 65.0 Å². The van der Waals surface area contributed by atoms with E-state index in [9.17, 15) is 17.3 Å². The van der Waals surface area contributed by atoms with Crippen LogP contribution in [-0.4, -0.2) is 25.5 Å². The molecule has 0 aliphatic heterocycles. The van der Waals surface area contributed by atoms with Crippen molar-refractivity contribution in [3.63, 3.8) is 0 Å². The highest BCUT2D eigenvalue weighted by Crippen LogP contribution is 2.23. The third-order valence-electron chi connectivity index (χ3n) is 3.94. The van der Waals surface area contributed by atoms with Crippen LogP contribution in [0.3, 0.4) is 0 Å². The smallest absolute Gasteiger partial charge is 0.456 e. The molecule has 29 heavy (non-hydrogen) atoms. The van der Waals surface area contributed by atoms with Crippen molar-refractivity contribution in [1.82, 2.24) is 0 Å². The molecule has 0 spiro atoms. The SMILES string of the molecule is F[B-](F)(F)F.OCCCCC[NH+]=c1cc(-c2ccccc2)oc2ccc(Cl)cc12. The van der Waals surface area contributed by atoms with Gasteiger partial charge in [0, 0.05) is 23.6 Å². The van der Waals surface area contributed by atoms with Gasteiger partial charge in [-0.15, -0.1) is 0 Å². The molecule has 1 heterocycles. The summed E-state index contributed by atoms with van der Waals surface area (Å²) in [6.07, 6.45) is 2.86. The van der Waals surface area contributed by atoms with Gasteiger partial charge >= 0.3 is 7.25 Å². The minimum atomic E-state index is -6.00. The number of nitrogens with one attached hydrogen (secondary N) is 1. The van der Waals surface area contributed by atoms with Crippen LogP contribution in [0.25, 0.3) is 22.3 Å². The number of aliphatic hydroxyl groups excluding tert-OH is 1. The lowest BCUT2D eigenvalue weighted by atomic mass is 10.1. The van der Waals surface area contributed by atoms with Gasteiger partial charge in [0.25, 0.3) is 0 Å². The summed E-state index contributed by atoms with van der Waals surface area (Å²) in [6.45, 7) is 1.10. The monoisotopic (exact) mass is 429 g/mol. The van der Waals surface area contributed by atoms with Crippen LogP contribution in [0.4, 0.5) is 17.3 Å². The maximum absolute atomic E-state index is 9.75. The Bertz CT molecular complexity index is 972. The first-order valence-corrected chi connectivity index (χ1v) is 9.49. The van der Waals surface area contributed by atoms with Gasteiger partial charge in [-0.05, 0) is 31.0 Å². The minimum Gasteiger partial charge on any atom is -0.456 e. The van der Waals surface area contributed by atoms with Crippen molar-refractivity contribution < 1.29 is 31.8 Å². The number of rotatable bonds is 6. The van der Waals surface area contributed by atoms with E-state index in [0.717, 1.165) is 53.5 Å².